The molecule has 0 saturated carbocycles. The molecule has 1 heterocycles. The molecule has 5 atom stereocenters. The summed E-state index contributed by atoms with van der Waals surface area (Å²) in [4.78, 5) is 50.0. The Morgan fingerprint density at radius 3 is 2.25 bits per heavy atom. The Morgan fingerprint density at radius 2 is 1.79 bits per heavy atom. The number of likely N-dealkylation sites (tertiary alicyclic amines) is 1. The van der Waals surface area contributed by atoms with Crippen LogP contribution in [0.4, 0.5) is 0 Å². The minimum absolute atomic E-state index is 0.0284. The number of thiol groups is 1. The summed E-state index contributed by atoms with van der Waals surface area (Å²) < 4.78 is 0. The average Bonchev–Trinajstić information content (AvgIpc) is 3.12. The highest BCUT2D eigenvalue weighted by Gasteiger charge is 2.38. The van der Waals surface area contributed by atoms with E-state index in [2.05, 4.69) is 23.3 Å². The predicted molar refractivity (Wildman–Crippen MR) is 105 cm³/mol. The van der Waals surface area contributed by atoms with Gasteiger partial charge in [0.1, 0.15) is 24.2 Å². The lowest BCUT2D eigenvalue weighted by atomic mass is 10.0. The maximum atomic E-state index is 12.7. The highest BCUT2D eigenvalue weighted by atomic mass is 32.1. The van der Waals surface area contributed by atoms with Crippen LogP contribution in [0.1, 0.15) is 33.6 Å². The second-order valence-electron chi connectivity index (χ2n) is 7.27. The number of carbonyl (C=O) groups is 4. The van der Waals surface area contributed by atoms with Gasteiger partial charge in [-0.25, -0.2) is 4.79 Å². The van der Waals surface area contributed by atoms with Crippen molar-refractivity contribution in [2.45, 2.75) is 63.9 Å². The molecular weight excluding hydrogens is 388 g/mol. The fourth-order valence-electron chi connectivity index (χ4n) is 2.94. The second-order valence-corrected chi connectivity index (χ2v) is 7.63. The Kier molecular flexibility index (Phi) is 9.18. The number of amides is 3. The fraction of sp³-hybridized carbons (Fsp3) is 0.765. The van der Waals surface area contributed by atoms with Gasteiger partial charge in [-0.1, -0.05) is 13.8 Å². The van der Waals surface area contributed by atoms with Crippen molar-refractivity contribution in [3.63, 3.8) is 0 Å². The Bertz CT molecular complexity index is 600. The summed E-state index contributed by atoms with van der Waals surface area (Å²) in [5.41, 5.74) is 5.59. The zero-order valence-corrected chi connectivity index (χ0v) is 17.2. The van der Waals surface area contributed by atoms with E-state index in [9.17, 15) is 29.4 Å². The van der Waals surface area contributed by atoms with Crippen LogP contribution in [-0.4, -0.2) is 81.4 Å². The largest absolute Gasteiger partial charge is 0.480 e. The Hall–Kier alpha value is -1.85. The van der Waals surface area contributed by atoms with Gasteiger partial charge in [0.05, 0.1) is 6.10 Å². The van der Waals surface area contributed by atoms with Crippen molar-refractivity contribution in [3.8, 4) is 0 Å². The van der Waals surface area contributed by atoms with E-state index in [0.717, 1.165) is 0 Å². The number of hydrogen-bond acceptors (Lipinski definition) is 7. The summed E-state index contributed by atoms with van der Waals surface area (Å²) >= 11 is 4.10. The third-order valence-electron chi connectivity index (χ3n) is 4.69. The predicted octanol–water partition coefficient (Wildman–Crippen LogP) is -1.67. The lowest BCUT2D eigenvalue weighted by molar-refractivity contribution is -0.149. The molecule has 6 N–H and O–H groups in total. The van der Waals surface area contributed by atoms with Crippen LogP contribution >= 0.6 is 12.6 Å². The molecule has 5 unspecified atom stereocenters. The van der Waals surface area contributed by atoms with Crippen LogP contribution in [0.25, 0.3) is 0 Å². The maximum Gasteiger partial charge on any atom is 0.326 e. The molecule has 0 aromatic carbocycles. The molecule has 1 fully saturated rings. The zero-order valence-electron chi connectivity index (χ0n) is 16.3. The highest BCUT2D eigenvalue weighted by Crippen LogP contribution is 2.19. The molecule has 160 valence electrons. The molecule has 1 saturated heterocycles. The van der Waals surface area contributed by atoms with Crippen LogP contribution in [0.5, 0.6) is 0 Å². The molecule has 0 aliphatic carbocycles. The van der Waals surface area contributed by atoms with Crippen molar-refractivity contribution < 1.29 is 29.4 Å². The van der Waals surface area contributed by atoms with Gasteiger partial charge in [-0.3, -0.25) is 14.4 Å². The second kappa shape index (κ2) is 10.6. The van der Waals surface area contributed by atoms with Crippen LogP contribution in [0.3, 0.4) is 0 Å². The van der Waals surface area contributed by atoms with Crippen molar-refractivity contribution in [3.05, 3.63) is 0 Å². The standard InChI is InChI=1S/C17H30N4O6S/c1-8(2)13(20-14(23)12(18)9(3)22)15(24)19-10(7-28)16(25)21-6-4-5-11(21)17(26)27/h8-13,22,28H,4-7,18H2,1-3H3,(H,19,24)(H,20,23)(H,26,27). The summed E-state index contributed by atoms with van der Waals surface area (Å²) in [5.74, 6) is -3.27. The van der Waals surface area contributed by atoms with Gasteiger partial charge in [0.2, 0.25) is 17.7 Å². The fourth-order valence-corrected chi connectivity index (χ4v) is 3.19. The Labute approximate surface area is 169 Å². The van der Waals surface area contributed by atoms with Crippen LogP contribution in [0, 0.1) is 5.92 Å². The number of nitrogens with zero attached hydrogens (tertiary/aromatic N) is 1. The SMILES string of the molecule is CC(C)C(NC(=O)C(N)C(C)O)C(=O)NC(CS)C(=O)N1CCCC1C(=O)O. The third-order valence-corrected chi connectivity index (χ3v) is 5.05. The molecule has 1 rings (SSSR count). The van der Waals surface area contributed by atoms with Gasteiger partial charge in [-0.2, -0.15) is 12.6 Å². The van der Waals surface area contributed by atoms with E-state index in [-0.39, 0.29) is 11.7 Å². The molecule has 10 nitrogen and oxygen atoms in total. The molecular formula is C17H30N4O6S. The van der Waals surface area contributed by atoms with Gasteiger partial charge in [-0.05, 0) is 25.7 Å². The summed E-state index contributed by atoms with van der Waals surface area (Å²) in [5, 5.41) is 23.7. The average molecular weight is 419 g/mol. The molecule has 0 spiro atoms. The lowest BCUT2D eigenvalue weighted by Gasteiger charge is -2.29. The first-order valence-electron chi connectivity index (χ1n) is 9.19. The third kappa shape index (κ3) is 6.08. The number of aliphatic hydroxyl groups is 1. The summed E-state index contributed by atoms with van der Waals surface area (Å²) in [7, 11) is 0. The molecule has 28 heavy (non-hydrogen) atoms. The number of nitrogens with one attached hydrogen (secondary N) is 2. The van der Waals surface area contributed by atoms with Crippen molar-refractivity contribution >= 4 is 36.3 Å². The molecule has 11 heteroatoms. The molecule has 0 bridgehead atoms. The van der Waals surface area contributed by atoms with Gasteiger partial charge < -0.3 is 31.5 Å². The number of nitrogens with two attached hydrogens (primary N) is 1. The Morgan fingerprint density at radius 1 is 1.18 bits per heavy atom. The minimum Gasteiger partial charge on any atom is -0.480 e. The van der Waals surface area contributed by atoms with Crippen LogP contribution < -0.4 is 16.4 Å². The number of carboxylic acids is 1. The maximum absolute atomic E-state index is 12.7. The smallest absolute Gasteiger partial charge is 0.326 e. The molecule has 0 aromatic rings. The van der Waals surface area contributed by atoms with E-state index in [1.165, 1.54) is 11.8 Å². The topological polar surface area (TPSA) is 162 Å². The van der Waals surface area contributed by atoms with Crippen LogP contribution in [0.2, 0.25) is 0 Å². The number of hydrogen-bond donors (Lipinski definition) is 6. The first kappa shape index (κ1) is 24.2. The number of carboxylic acid groups (broad SMARTS) is 1. The van der Waals surface area contributed by atoms with Crippen molar-refractivity contribution in [2.24, 2.45) is 11.7 Å². The summed E-state index contributed by atoms with van der Waals surface area (Å²) in [6, 6.07) is -4.13. The molecule has 3 amide bonds. The van der Waals surface area contributed by atoms with Crippen molar-refractivity contribution in [1.29, 1.82) is 0 Å². The van der Waals surface area contributed by atoms with E-state index in [1.54, 1.807) is 13.8 Å². The van der Waals surface area contributed by atoms with E-state index >= 15 is 0 Å². The molecule has 0 aromatic heterocycles. The van der Waals surface area contributed by atoms with Gasteiger partial charge in [0, 0.05) is 12.3 Å². The molecule has 1 aliphatic heterocycles. The monoisotopic (exact) mass is 418 g/mol. The number of carbonyl (C=O) groups excluding carboxylic acids is 3. The zero-order chi connectivity index (χ0) is 21.6. The number of aliphatic hydroxyl groups excluding tert-OH is 1. The van der Waals surface area contributed by atoms with Crippen LogP contribution in [0.15, 0.2) is 0 Å². The van der Waals surface area contributed by atoms with Gasteiger partial charge in [-0.15, -0.1) is 0 Å². The van der Waals surface area contributed by atoms with Gasteiger partial charge >= 0.3 is 5.97 Å². The first-order chi connectivity index (χ1) is 13.0. The summed E-state index contributed by atoms with van der Waals surface area (Å²) in [6.45, 7) is 5.07. The van der Waals surface area contributed by atoms with E-state index < -0.39 is 54.0 Å². The van der Waals surface area contributed by atoms with Crippen LogP contribution in [-0.2, 0) is 19.2 Å². The van der Waals surface area contributed by atoms with Crippen molar-refractivity contribution in [2.75, 3.05) is 12.3 Å². The highest BCUT2D eigenvalue weighted by molar-refractivity contribution is 7.80. The van der Waals surface area contributed by atoms with Gasteiger partial charge in [0.15, 0.2) is 0 Å². The normalized spacial score (nSPS) is 21.0. The number of aliphatic carboxylic acids is 1. The van der Waals surface area contributed by atoms with E-state index in [1.807, 2.05) is 0 Å². The van der Waals surface area contributed by atoms with E-state index in [0.29, 0.717) is 19.4 Å². The Balaban J connectivity index is 2.85. The quantitative estimate of drug-likeness (QED) is 0.244. The summed E-state index contributed by atoms with van der Waals surface area (Å²) in [6.07, 6.45) is -0.167. The lowest BCUT2D eigenvalue weighted by Crippen LogP contribution is -2.59. The first-order valence-corrected chi connectivity index (χ1v) is 9.83. The van der Waals surface area contributed by atoms with E-state index in [4.69, 9.17) is 5.73 Å². The molecule has 0 radical (unpaired) electrons. The number of rotatable bonds is 9. The molecule has 1 aliphatic rings. The van der Waals surface area contributed by atoms with Gasteiger partial charge in [0.25, 0.3) is 0 Å². The van der Waals surface area contributed by atoms with Crippen molar-refractivity contribution in [1.82, 2.24) is 15.5 Å². The minimum atomic E-state index is -1.20.